The first-order valence-corrected chi connectivity index (χ1v) is 13.7. The maximum Gasteiger partial charge on any atom is 0.390 e. The van der Waals surface area contributed by atoms with Crippen molar-refractivity contribution in [1.82, 2.24) is 14.9 Å². The molecule has 0 saturated carbocycles. The summed E-state index contributed by atoms with van der Waals surface area (Å²) >= 11 is 5.97. The molecule has 0 aliphatic carbocycles. The standard InChI is InChI=1S/C26H30ClF3N4O3S/c1-18(23-32-22(25(2,3)33-23)24(35)31-15-14-26(28,29)30)13-16-34(17-19-9-11-20(27)12-10-19)38(36,37)21-7-5-4-6-8-21/h4-12,22H,1,13-17H2,2-3H3,(H,31,35)(H,32,33)/t22-/m0/s1. The summed E-state index contributed by atoms with van der Waals surface area (Å²) in [5.41, 5.74) is 0.264. The predicted octanol–water partition coefficient (Wildman–Crippen LogP) is 4.69. The Kier molecular flexibility index (Phi) is 9.27. The second-order valence-corrected chi connectivity index (χ2v) is 11.9. The van der Waals surface area contributed by atoms with E-state index in [1.807, 2.05) is 0 Å². The Bertz CT molecular complexity index is 1280. The average molecular weight is 571 g/mol. The molecule has 38 heavy (non-hydrogen) atoms. The summed E-state index contributed by atoms with van der Waals surface area (Å²) < 4.78 is 65.6. The predicted molar refractivity (Wildman–Crippen MR) is 141 cm³/mol. The molecule has 1 atom stereocenters. The summed E-state index contributed by atoms with van der Waals surface area (Å²) in [6.45, 7) is 7.01. The zero-order valence-corrected chi connectivity index (χ0v) is 22.6. The van der Waals surface area contributed by atoms with Crippen LogP contribution in [0.2, 0.25) is 5.02 Å². The molecule has 1 heterocycles. The minimum Gasteiger partial charge on any atom is -0.357 e. The molecule has 206 valence electrons. The number of benzene rings is 2. The number of halogens is 4. The van der Waals surface area contributed by atoms with Crippen LogP contribution in [0.5, 0.6) is 0 Å². The topological polar surface area (TPSA) is 90.9 Å². The summed E-state index contributed by atoms with van der Waals surface area (Å²) in [6.07, 6.45) is -5.31. The van der Waals surface area contributed by atoms with E-state index in [0.717, 1.165) is 5.56 Å². The van der Waals surface area contributed by atoms with Gasteiger partial charge in [-0.25, -0.2) is 8.42 Å². The van der Waals surface area contributed by atoms with Crippen LogP contribution in [0.25, 0.3) is 0 Å². The average Bonchev–Trinajstić information content (AvgIpc) is 3.17. The van der Waals surface area contributed by atoms with Crippen molar-refractivity contribution in [3.8, 4) is 0 Å². The number of carbonyl (C=O) groups is 1. The molecule has 2 aromatic rings. The van der Waals surface area contributed by atoms with E-state index >= 15 is 0 Å². The van der Waals surface area contributed by atoms with Gasteiger partial charge in [0.1, 0.15) is 11.9 Å². The van der Waals surface area contributed by atoms with E-state index < -0.39 is 46.7 Å². The lowest BCUT2D eigenvalue weighted by Gasteiger charge is -2.24. The third-order valence-electron chi connectivity index (χ3n) is 6.01. The van der Waals surface area contributed by atoms with Gasteiger partial charge in [0, 0.05) is 24.7 Å². The molecule has 1 amide bonds. The van der Waals surface area contributed by atoms with Gasteiger partial charge < -0.3 is 10.6 Å². The van der Waals surface area contributed by atoms with Crippen LogP contribution in [-0.4, -0.2) is 55.3 Å². The van der Waals surface area contributed by atoms with Gasteiger partial charge in [0.15, 0.2) is 0 Å². The van der Waals surface area contributed by atoms with Gasteiger partial charge in [-0.15, -0.1) is 0 Å². The molecule has 0 fully saturated rings. The maximum absolute atomic E-state index is 13.4. The minimum absolute atomic E-state index is 0.0717. The van der Waals surface area contributed by atoms with Crippen molar-refractivity contribution in [1.29, 1.82) is 0 Å². The van der Waals surface area contributed by atoms with Crippen LogP contribution >= 0.6 is 11.6 Å². The van der Waals surface area contributed by atoms with Gasteiger partial charge in [-0.2, -0.15) is 17.5 Å². The largest absolute Gasteiger partial charge is 0.390 e. The Morgan fingerprint density at radius 3 is 2.39 bits per heavy atom. The normalized spacial score (nSPS) is 17.1. The molecule has 2 N–H and O–H groups in total. The lowest BCUT2D eigenvalue weighted by atomic mass is 9.96. The van der Waals surface area contributed by atoms with Crippen LogP contribution in [0.3, 0.4) is 0 Å². The smallest absolute Gasteiger partial charge is 0.357 e. The Balaban J connectivity index is 1.71. The Hall–Kier alpha value is -2.89. The quantitative estimate of drug-likeness (QED) is 0.410. The third-order valence-corrected chi connectivity index (χ3v) is 8.12. The number of aliphatic imine (C=N–C) groups is 1. The van der Waals surface area contributed by atoms with Crippen molar-refractivity contribution in [2.24, 2.45) is 4.99 Å². The molecule has 0 unspecified atom stereocenters. The number of amides is 1. The Morgan fingerprint density at radius 1 is 1.16 bits per heavy atom. The third kappa shape index (κ3) is 7.81. The zero-order chi connectivity index (χ0) is 28.1. The van der Waals surface area contributed by atoms with E-state index in [-0.39, 0.29) is 24.4 Å². The molecule has 3 rings (SSSR count). The molecular formula is C26H30ClF3N4O3S. The molecule has 0 bridgehead atoms. The molecule has 0 spiro atoms. The summed E-state index contributed by atoms with van der Waals surface area (Å²) in [5.74, 6) is -0.295. The summed E-state index contributed by atoms with van der Waals surface area (Å²) in [4.78, 5) is 17.2. The summed E-state index contributed by atoms with van der Waals surface area (Å²) in [6, 6.07) is 14.0. The van der Waals surface area contributed by atoms with Gasteiger partial charge >= 0.3 is 6.18 Å². The fraction of sp³-hybridized carbons (Fsp3) is 0.385. The van der Waals surface area contributed by atoms with Gasteiger partial charge in [-0.1, -0.05) is 48.5 Å². The summed E-state index contributed by atoms with van der Waals surface area (Å²) in [7, 11) is -3.86. The highest BCUT2D eigenvalue weighted by atomic mass is 35.5. The number of nitrogens with zero attached hydrogens (tertiary/aromatic N) is 2. The van der Waals surface area contributed by atoms with Crippen molar-refractivity contribution < 1.29 is 26.4 Å². The van der Waals surface area contributed by atoms with Gasteiger partial charge in [0.25, 0.3) is 0 Å². The lowest BCUT2D eigenvalue weighted by molar-refractivity contribution is -0.136. The van der Waals surface area contributed by atoms with E-state index in [1.165, 1.54) is 16.4 Å². The van der Waals surface area contributed by atoms with Gasteiger partial charge in [0.2, 0.25) is 15.9 Å². The van der Waals surface area contributed by atoms with Crippen molar-refractivity contribution in [2.45, 2.75) is 55.9 Å². The van der Waals surface area contributed by atoms with E-state index in [4.69, 9.17) is 11.6 Å². The van der Waals surface area contributed by atoms with Crippen LogP contribution in [0.1, 0.15) is 32.3 Å². The number of nitrogens with one attached hydrogen (secondary N) is 2. The zero-order valence-electron chi connectivity index (χ0n) is 21.1. The van der Waals surface area contributed by atoms with Gasteiger partial charge in [-0.3, -0.25) is 9.79 Å². The fourth-order valence-electron chi connectivity index (χ4n) is 3.89. The Labute approximate surface area is 225 Å². The van der Waals surface area contributed by atoms with Gasteiger partial charge in [0.05, 0.1) is 16.9 Å². The van der Waals surface area contributed by atoms with Crippen LogP contribution in [0.4, 0.5) is 13.2 Å². The number of hydrogen-bond donors (Lipinski definition) is 2. The van der Waals surface area contributed by atoms with Crippen molar-refractivity contribution in [3.63, 3.8) is 0 Å². The van der Waals surface area contributed by atoms with Crippen LogP contribution < -0.4 is 10.6 Å². The second kappa shape index (κ2) is 11.9. The minimum atomic E-state index is -4.38. The highest BCUT2D eigenvalue weighted by Gasteiger charge is 2.41. The highest BCUT2D eigenvalue weighted by Crippen LogP contribution is 2.25. The molecule has 1 aliphatic rings. The van der Waals surface area contributed by atoms with Crippen molar-refractivity contribution in [3.05, 3.63) is 77.3 Å². The molecule has 0 aromatic heterocycles. The fourth-order valence-corrected chi connectivity index (χ4v) is 5.47. The lowest BCUT2D eigenvalue weighted by Crippen LogP contribution is -2.52. The van der Waals surface area contributed by atoms with Crippen LogP contribution in [-0.2, 0) is 21.4 Å². The van der Waals surface area contributed by atoms with E-state index in [9.17, 15) is 26.4 Å². The molecule has 2 aromatic carbocycles. The molecule has 7 nitrogen and oxygen atoms in total. The number of sulfonamides is 1. The molecule has 0 radical (unpaired) electrons. The molecular weight excluding hydrogens is 541 g/mol. The van der Waals surface area contributed by atoms with E-state index in [2.05, 4.69) is 22.2 Å². The molecule has 12 heteroatoms. The van der Waals surface area contributed by atoms with Crippen LogP contribution in [0.15, 0.2) is 76.6 Å². The molecule has 0 saturated heterocycles. The first-order chi connectivity index (χ1) is 17.7. The van der Waals surface area contributed by atoms with E-state index in [1.54, 1.807) is 56.3 Å². The van der Waals surface area contributed by atoms with Crippen molar-refractivity contribution in [2.75, 3.05) is 13.1 Å². The first-order valence-electron chi connectivity index (χ1n) is 11.9. The Morgan fingerprint density at radius 2 is 1.79 bits per heavy atom. The number of alkyl halides is 3. The van der Waals surface area contributed by atoms with Crippen LogP contribution in [0, 0.1) is 0 Å². The number of carbonyl (C=O) groups excluding carboxylic acids is 1. The molecule has 1 aliphatic heterocycles. The highest BCUT2D eigenvalue weighted by molar-refractivity contribution is 7.89. The maximum atomic E-state index is 13.4. The number of amidine groups is 1. The summed E-state index contributed by atoms with van der Waals surface area (Å²) in [5, 5.41) is 5.78. The van der Waals surface area contributed by atoms with Crippen molar-refractivity contribution >= 4 is 33.4 Å². The first kappa shape index (κ1) is 29.7. The SMILES string of the molecule is C=C(CCN(Cc1ccc(Cl)cc1)S(=O)(=O)c1ccccc1)C1=NC(C)(C)[C@H](C(=O)NCCC(F)(F)F)N1. The number of rotatable bonds is 11. The second-order valence-electron chi connectivity index (χ2n) is 9.48. The van der Waals surface area contributed by atoms with Gasteiger partial charge in [-0.05, 0) is 55.7 Å². The number of hydrogen-bond acceptors (Lipinski definition) is 5. The van der Waals surface area contributed by atoms with E-state index in [0.29, 0.717) is 16.4 Å². The monoisotopic (exact) mass is 570 g/mol.